The van der Waals surface area contributed by atoms with Crippen LogP contribution in [0.15, 0.2) is 0 Å². The van der Waals surface area contributed by atoms with E-state index in [9.17, 15) is 0 Å². The fourth-order valence-electron chi connectivity index (χ4n) is 3.25. The second-order valence-electron chi connectivity index (χ2n) is 8.42. The predicted molar refractivity (Wildman–Crippen MR) is 111 cm³/mol. The maximum absolute atomic E-state index is 5.83. The van der Waals surface area contributed by atoms with Gasteiger partial charge in [-0.15, -0.1) is 0 Å². The quantitative estimate of drug-likeness (QED) is 0.203. The molecule has 0 saturated heterocycles. The van der Waals surface area contributed by atoms with Crippen LogP contribution in [0.1, 0.15) is 110 Å². The number of rotatable bonds is 18. The summed E-state index contributed by atoms with van der Waals surface area (Å²) >= 11 is 0. The first-order valence-corrected chi connectivity index (χ1v) is 14.2. The monoisotopic (exact) mass is 341 g/mol. The molecule has 0 amide bonds. The molecule has 2 N–H and O–H groups in total. The van der Waals surface area contributed by atoms with Crippen molar-refractivity contribution in [1.82, 2.24) is 0 Å². The largest absolute Gasteiger partial charge is 0.333 e. The third-order valence-electron chi connectivity index (χ3n) is 5.26. The Balaban J connectivity index is 3.05. The average molecular weight is 342 g/mol. The number of hydrogen-bond donors (Lipinski definition) is 1. The fourth-order valence-corrected chi connectivity index (χ4v) is 4.66. The summed E-state index contributed by atoms with van der Waals surface area (Å²) < 4.78 is 0. The lowest BCUT2D eigenvalue weighted by molar-refractivity contribution is 0.531. The topological polar surface area (TPSA) is 26.0 Å². The van der Waals surface area contributed by atoms with Gasteiger partial charge in [0.1, 0.15) is 0 Å². The molecule has 0 heterocycles. The molecule has 0 aromatic carbocycles. The minimum Gasteiger partial charge on any atom is -0.333 e. The van der Waals surface area contributed by atoms with Crippen LogP contribution < -0.4 is 5.73 Å². The van der Waals surface area contributed by atoms with Gasteiger partial charge in [0.2, 0.25) is 0 Å². The molecule has 0 aliphatic heterocycles. The highest BCUT2D eigenvalue weighted by molar-refractivity contribution is 6.77. The van der Waals surface area contributed by atoms with Crippen LogP contribution in [0.4, 0.5) is 0 Å². The van der Waals surface area contributed by atoms with E-state index in [0.29, 0.717) is 0 Å². The molecular weight excluding hydrogens is 294 g/mol. The molecule has 23 heavy (non-hydrogen) atoms. The van der Waals surface area contributed by atoms with E-state index >= 15 is 0 Å². The van der Waals surface area contributed by atoms with E-state index in [-0.39, 0.29) is 0 Å². The minimum atomic E-state index is -1.01. The van der Waals surface area contributed by atoms with E-state index in [4.69, 9.17) is 5.73 Å². The van der Waals surface area contributed by atoms with Gasteiger partial charge in [-0.25, -0.2) is 0 Å². The highest BCUT2D eigenvalue weighted by Crippen LogP contribution is 2.16. The smallest absolute Gasteiger partial charge is 0.0623 e. The molecule has 0 aromatic heterocycles. The van der Waals surface area contributed by atoms with E-state index in [1.54, 1.807) is 0 Å². The lowest BCUT2D eigenvalue weighted by Crippen LogP contribution is -2.35. The molecule has 2 heteroatoms. The van der Waals surface area contributed by atoms with Gasteiger partial charge < -0.3 is 5.73 Å². The lowest BCUT2D eigenvalue weighted by atomic mass is 10.0. The van der Waals surface area contributed by atoms with Crippen LogP contribution in [0, 0.1) is 0 Å². The van der Waals surface area contributed by atoms with E-state index in [1.807, 2.05) is 0 Å². The zero-order chi connectivity index (χ0) is 17.2. The van der Waals surface area contributed by atoms with Crippen LogP contribution in [0.25, 0.3) is 0 Å². The Morgan fingerprint density at radius 2 is 0.826 bits per heavy atom. The van der Waals surface area contributed by atoms with Gasteiger partial charge in [-0.1, -0.05) is 129 Å². The zero-order valence-electron chi connectivity index (χ0n) is 16.8. The van der Waals surface area contributed by atoms with Crippen molar-refractivity contribution in [3.8, 4) is 0 Å². The lowest BCUT2D eigenvalue weighted by Gasteiger charge is -2.19. The van der Waals surface area contributed by atoms with Crippen LogP contribution in [0.3, 0.4) is 0 Å². The van der Waals surface area contributed by atoms with Crippen molar-refractivity contribution >= 4 is 8.07 Å². The third kappa shape index (κ3) is 18.4. The normalized spacial score (nSPS) is 12.0. The van der Waals surface area contributed by atoms with Crippen molar-refractivity contribution in [3.63, 3.8) is 0 Å². The van der Waals surface area contributed by atoms with Crippen LogP contribution in [-0.4, -0.2) is 14.2 Å². The van der Waals surface area contributed by atoms with Crippen molar-refractivity contribution in [2.45, 2.75) is 129 Å². The summed E-state index contributed by atoms with van der Waals surface area (Å²) in [6, 6.07) is 1.43. The molecule has 1 nitrogen and oxygen atoms in total. The Hall–Kier alpha value is 0.177. The molecule has 140 valence electrons. The highest BCUT2D eigenvalue weighted by Gasteiger charge is 2.16. The third-order valence-corrected chi connectivity index (χ3v) is 8.07. The van der Waals surface area contributed by atoms with Crippen molar-refractivity contribution < 1.29 is 0 Å². The Kier molecular flexibility index (Phi) is 17.1. The summed E-state index contributed by atoms with van der Waals surface area (Å²) in [6.45, 7) is 7.15. The highest BCUT2D eigenvalue weighted by atomic mass is 28.3. The standard InChI is InChI=1S/C21H47NSi/c1-4-5-6-7-8-9-10-11-12-13-14-15-16-17-18-19-20-23(2,3)21-22/h4-22H2,1-3H3. The zero-order valence-corrected chi connectivity index (χ0v) is 17.8. The molecule has 0 fully saturated rings. The van der Waals surface area contributed by atoms with Gasteiger partial charge in [-0.05, 0) is 6.17 Å². The van der Waals surface area contributed by atoms with E-state index in [2.05, 4.69) is 20.0 Å². The number of nitrogens with two attached hydrogens (primary N) is 1. The van der Waals surface area contributed by atoms with Crippen molar-refractivity contribution in [2.24, 2.45) is 5.73 Å². The van der Waals surface area contributed by atoms with Gasteiger partial charge >= 0.3 is 0 Å². The Bertz CT molecular complexity index is 228. The molecule has 0 atom stereocenters. The molecule has 0 aliphatic rings. The minimum absolute atomic E-state index is 0.964. The molecule has 0 rings (SSSR count). The Morgan fingerprint density at radius 1 is 0.522 bits per heavy atom. The van der Waals surface area contributed by atoms with Gasteiger partial charge in [0.25, 0.3) is 0 Å². The summed E-state index contributed by atoms with van der Waals surface area (Å²) in [6.07, 6.45) is 24.3. The van der Waals surface area contributed by atoms with Gasteiger partial charge in [-0.3, -0.25) is 0 Å². The molecule has 0 saturated carbocycles. The maximum Gasteiger partial charge on any atom is 0.0623 e. The van der Waals surface area contributed by atoms with Gasteiger partial charge in [0.15, 0.2) is 0 Å². The van der Waals surface area contributed by atoms with Crippen molar-refractivity contribution in [3.05, 3.63) is 0 Å². The van der Waals surface area contributed by atoms with Crippen molar-refractivity contribution in [1.29, 1.82) is 0 Å². The van der Waals surface area contributed by atoms with Crippen LogP contribution in [-0.2, 0) is 0 Å². The van der Waals surface area contributed by atoms with Crippen molar-refractivity contribution in [2.75, 3.05) is 6.17 Å². The second-order valence-corrected chi connectivity index (χ2v) is 13.7. The Labute approximate surface area is 149 Å². The van der Waals surface area contributed by atoms with E-state index in [0.717, 1.165) is 6.17 Å². The first-order valence-electron chi connectivity index (χ1n) is 10.8. The molecule has 0 aliphatic carbocycles. The first kappa shape index (κ1) is 23.2. The molecule has 0 unspecified atom stereocenters. The van der Waals surface area contributed by atoms with E-state index in [1.165, 1.54) is 109 Å². The summed E-state index contributed by atoms with van der Waals surface area (Å²) in [5, 5.41) is 0. The first-order chi connectivity index (χ1) is 11.1. The number of unbranched alkanes of at least 4 members (excludes halogenated alkanes) is 15. The average Bonchev–Trinajstić information content (AvgIpc) is 2.54. The fraction of sp³-hybridized carbons (Fsp3) is 1.00. The van der Waals surface area contributed by atoms with Crippen LogP contribution in [0.2, 0.25) is 19.1 Å². The molecule has 0 aromatic rings. The predicted octanol–water partition coefficient (Wildman–Crippen LogP) is 7.45. The summed E-state index contributed by atoms with van der Waals surface area (Å²) in [7, 11) is -1.01. The second kappa shape index (κ2) is 17.0. The maximum atomic E-state index is 5.83. The van der Waals surface area contributed by atoms with Crippen LogP contribution >= 0.6 is 0 Å². The molecular formula is C21H47NSi. The summed E-state index contributed by atoms with van der Waals surface area (Å²) in [5.41, 5.74) is 5.83. The molecule has 0 bridgehead atoms. The van der Waals surface area contributed by atoms with Gasteiger partial charge in [0, 0.05) is 0 Å². The van der Waals surface area contributed by atoms with Gasteiger partial charge in [-0.2, -0.15) is 0 Å². The molecule has 0 radical (unpaired) electrons. The Morgan fingerprint density at radius 3 is 1.13 bits per heavy atom. The SMILES string of the molecule is CCCCCCCCCCCCCCCCCC[Si](C)(C)CN. The van der Waals surface area contributed by atoms with Gasteiger partial charge in [0.05, 0.1) is 8.07 Å². The van der Waals surface area contributed by atoms with Crippen LogP contribution in [0.5, 0.6) is 0 Å². The number of hydrogen-bond acceptors (Lipinski definition) is 1. The summed E-state index contributed by atoms with van der Waals surface area (Å²) in [4.78, 5) is 0. The van der Waals surface area contributed by atoms with E-state index < -0.39 is 8.07 Å². The summed E-state index contributed by atoms with van der Waals surface area (Å²) in [5.74, 6) is 0. The molecule has 0 spiro atoms.